The molecule has 0 unspecified atom stereocenters. The molecule has 0 aliphatic heterocycles. The number of aliphatic hydroxyl groups is 1. The SMILES string of the molecule is OCCCCCCCCC(F)(F)C(F)(F)F. The Hall–Kier alpha value is -0.390. The van der Waals surface area contributed by atoms with Crippen LogP contribution >= 0.6 is 0 Å². The van der Waals surface area contributed by atoms with Gasteiger partial charge in [-0.1, -0.05) is 25.7 Å². The Kier molecular flexibility index (Phi) is 6.87. The molecular weight excluding hydrogens is 231 g/mol. The molecule has 0 heterocycles. The van der Waals surface area contributed by atoms with Crippen molar-refractivity contribution in [3.63, 3.8) is 0 Å². The molecule has 0 saturated heterocycles. The predicted molar refractivity (Wildman–Crippen MR) is 50.4 cm³/mol. The normalized spacial score (nSPS) is 13.1. The fourth-order valence-electron chi connectivity index (χ4n) is 1.31. The van der Waals surface area contributed by atoms with E-state index in [0.717, 1.165) is 12.8 Å². The molecule has 0 aliphatic carbocycles. The van der Waals surface area contributed by atoms with Crippen LogP contribution in [0.4, 0.5) is 22.0 Å². The lowest BCUT2D eigenvalue weighted by atomic mass is 10.1. The lowest BCUT2D eigenvalue weighted by molar-refractivity contribution is -0.284. The molecule has 0 aliphatic rings. The zero-order valence-electron chi connectivity index (χ0n) is 8.99. The van der Waals surface area contributed by atoms with Crippen molar-refractivity contribution >= 4 is 0 Å². The quantitative estimate of drug-likeness (QED) is 0.510. The minimum absolute atomic E-state index is 0.0894. The van der Waals surface area contributed by atoms with Gasteiger partial charge in [0.1, 0.15) is 0 Å². The Morgan fingerprint density at radius 2 is 1.12 bits per heavy atom. The lowest BCUT2D eigenvalue weighted by Crippen LogP contribution is -2.36. The van der Waals surface area contributed by atoms with Gasteiger partial charge in [0.05, 0.1) is 0 Å². The molecule has 0 atom stereocenters. The van der Waals surface area contributed by atoms with Gasteiger partial charge in [-0.15, -0.1) is 0 Å². The van der Waals surface area contributed by atoms with Crippen molar-refractivity contribution in [1.82, 2.24) is 0 Å². The summed E-state index contributed by atoms with van der Waals surface area (Å²) < 4.78 is 60.0. The topological polar surface area (TPSA) is 20.2 Å². The standard InChI is InChI=1S/C10H17F5O/c11-9(12,10(13,14)15)7-5-3-1-2-4-6-8-16/h16H,1-8H2. The fraction of sp³-hybridized carbons (Fsp3) is 1.00. The summed E-state index contributed by atoms with van der Waals surface area (Å²) in [7, 11) is 0. The van der Waals surface area contributed by atoms with Crippen LogP contribution in [0.1, 0.15) is 44.9 Å². The van der Waals surface area contributed by atoms with E-state index in [1.165, 1.54) is 0 Å². The predicted octanol–water partition coefficient (Wildman–Crippen LogP) is 3.91. The van der Waals surface area contributed by atoms with Crippen LogP contribution in [0.5, 0.6) is 0 Å². The summed E-state index contributed by atoms with van der Waals surface area (Å²) in [5.74, 6) is -4.56. The van der Waals surface area contributed by atoms with Crippen molar-refractivity contribution in [1.29, 1.82) is 0 Å². The molecule has 0 aromatic heterocycles. The molecule has 0 aromatic rings. The van der Waals surface area contributed by atoms with Crippen molar-refractivity contribution in [3.8, 4) is 0 Å². The fourth-order valence-corrected chi connectivity index (χ4v) is 1.31. The van der Waals surface area contributed by atoms with Crippen molar-refractivity contribution in [2.24, 2.45) is 0 Å². The number of halogens is 5. The van der Waals surface area contributed by atoms with Crippen LogP contribution in [-0.4, -0.2) is 23.8 Å². The van der Waals surface area contributed by atoms with Crippen LogP contribution in [0, 0.1) is 0 Å². The Labute approximate surface area is 91.6 Å². The number of hydrogen-bond acceptors (Lipinski definition) is 1. The minimum atomic E-state index is -5.43. The van der Waals surface area contributed by atoms with Crippen LogP contribution < -0.4 is 0 Å². The van der Waals surface area contributed by atoms with Gasteiger partial charge >= 0.3 is 12.1 Å². The van der Waals surface area contributed by atoms with E-state index < -0.39 is 18.5 Å². The summed E-state index contributed by atoms with van der Waals surface area (Å²) in [5, 5.41) is 8.44. The van der Waals surface area contributed by atoms with Crippen molar-refractivity contribution in [2.75, 3.05) is 6.61 Å². The smallest absolute Gasteiger partial charge is 0.396 e. The summed E-state index contributed by atoms with van der Waals surface area (Å²) in [6, 6.07) is 0. The van der Waals surface area contributed by atoms with Gasteiger partial charge in [0.15, 0.2) is 0 Å². The minimum Gasteiger partial charge on any atom is -0.396 e. The maximum Gasteiger partial charge on any atom is 0.453 e. The maximum absolute atomic E-state index is 12.4. The average molecular weight is 248 g/mol. The van der Waals surface area contributed by atoms with Crippen LogP contribution in [0.2, 0.25) is 0 Å². The zero-order valence-corrected chi connectivity index (χ0v) is 8.99. The molecule has 98 valence electrons. The van der Waals surface area contributed by atoms with Crippen LogP contribution in [-0.2, 0) is 0 Å². The monoisotopic (exact) mass is 248 g/mol. The number of rotatable bonds is 8. The van der Waals surface area contributed by atoms with Crippen LogP contribution in [0.3, 0.4) is 0 Å². The third-order valence-corrected chi connectivity index (χ3v) is 2.31. The molecular formula is C10H17F5O. The first kappa shape index (κ1) is 15.6. The third kappa shape index (κ3) is 6.25. The van der Waals surface area contributed by atoms with Gasteiger partial charge in [0, 0.05) is 13.0 Å². The first-order chi connectivity index (χ1) is 7.31. The van der Waals surface area contributed by atoms with Gasteiger partial charge in [-0.2, -0.15) is 22.0 Å². The van der Waals surface area contributed by atoms with Gasteiger partial charge in [-0.3, -0.25) is 0 Å². The summed E-state index contributed by atoms with van der Waals surface area (Å²) in [6.45, 7) is 0.0894. The van der Waals surface area contributed by atoms with E-state index in [-0.39, 0.29) is 13.0 Å². The van der Waals surface area contributed by atoms with E-state index in [0.29, 0.717) is 19.3 Å². The summed E-state index contributed by atoms with van der Waals surface area (Å²) in [5.41, 5.74) is 0. The molecule has 6 heteroatoms. The molecule has 16 heavy (non-hydrogen) atoms. The van der Waals surface area contributed by atoms with Crippen molar-refractivity contribution < 1.29 is 27.1 Å². The molecule has 0 spiro atoms. The van der Waals surface area contributed by atoms with E-state index in [1.54, 1.807) is 0 Å². The average Bonchev–Trinajstić information content (AvgIpc) is 2.14. The van der Waals surface area contributed by atoms with Gasteiger partial charge in [-0.25, -0.2) is 0 Å². The molecule has 0 fully saturated rings. The number of alkyl halides is 5. The second-order valence-corrected chi connectivity index (χ2v) is 3.80. The van der Waals surface area contributed by atoms with E-state index >= 15 is 0 Å². The Morgan fingerprint density at radius 3 is 1.56 bits per heavy atom. The molecule has 1 nitrogen and oxygen atoms in total. The van der Waals surface area contributed by atoms with Gasteiger partial charge < -0.3 is 5.11 Å². The first-order valence-corrected chi connectivity index (χ1v) is 5.36. The Morgan fingerprint density at radius 1 is 0.688 bits per heavy atom. The zero-order chi connectivity index (χ0) is 12.7. The van der Waals surface area contributed by atoms with Gasteiger partial charge in [0.25, 0.3) is 0 Å². The second kappa shape index (κ2) is 7.04. The van der Waals surface area contributed by atoms with E-state index in [1.807, 2.05) is 0 Å². The number of hydrogen-bond donors (Lipinski definition) is 1. The molecule has 0 saturated carbocycles. The first-order valence-electron chi connectivity index (χ1n) is 5.36. The summed E-state index contributed by atoms with van der Waals surface area (Å²) >= 11 is 0. The van der Waals surface area contributed by atoms with Crippen molar-refractivity contribution in [3.05, 3.63) is 0 Å². The summed E-state index contributed by atoms with van der Waals surface area (Å²) in [4.78, 5) is 0. The maximum atomic E-state index is 12.4. The van der Waals surface area contributed by atoms with Crippen LogP contribution in [0.25, 0.3) is 0 Å². The molecule has 0 rings (SSSR count). The molecule has 0 bridgehead atoms. The molecule has 1 N–H and O–H groups in total. The van der Waals surface area contributed by atoms with Gasteiger partial charge in [-0.05, 0) is 12.8 Å². The highest BCUT2D eigenvalue weighted by Gasteiger charge is 2.56. The highest BCUT2D eigenvalue weighted by Crippen LogP contribution is 2.39. The molecule has 0 aromatic carbocycles. The number of aliphatic hydroxyl groups excluding tert-OH is 1. The third-order valence-electron chi connectivity index (χ3n) is 2.31. The van der Waals surface area contributed by atoms with E-state index in [4.69, 9.17) is 5.11 Å². The number of unbranched alkanes of at least 4 members (excludes halogenated alkanes) is 5. The van der Waals surface area contributed by atoms with Crippen molar-refractivity contribution in [2.45, 2.75) is 57.0 Å². The van der Waals surface area contributed by atoms with E-state index in [9.17, 15) is 22.0 Å². The highest BCUT2D eigenvalue weighted by atomic mass is 19.4. The lowest BCUT2D eigenvalue weighted by Gasteiger charge is -2.19. The Bertz CT molecular complexity index is 179. The highest BCUT2D eigenvalue weighted by molar-refractivity contribution is 4.75. The summed E-state index contributed by atoms with van der Waals surface area (Å²) in [6.07, 6.45) is -3.47. The molecule has 0 radical (unpaired) electrons. The molecule has 0 amide bonds. The Balaban J connectivity index is 3.51. The largest absolute Gasteiger partial charge is 0.453 e. The van der Waals surface area contributed by atoms with E-state index in [2.05, 4.69) is 0 Å². The second-order valence-electron chi connectivity index (χ2n) is 3.80. The van der Waals surface area contributed by atoms with Crippen LogP contribution in [0.15, 0.2) is 0 Å². The van der Waals surface area contributed by atoms with Gasteiger partial charge in [0.2, 0.25) is 0 Å².